The summed E-state index contributed by atoms with van der Waals surface area (Å²) in [5.74, 6) is 1.42. The van der Waals surface area contributed by atoms with Crippen LogP contribution in [0.3, 0.4) is 0 Å². The fraction of sp³-hybridized carbons (Fsp3) is 0.158. The summed E-state index contributed by atoms with van der Waals surface area (Å²) in [4.78, 5) is 4.60. The van der Waals surface area contributed by atoms with E-state index in [-0.39, 0.29) is 0 Å². The Morgan fingerprint density at radius 2 is 1.65 bits per heavy atom. The van der Waals surface area contributed by atoms with Crippen molar-refractivity contribution in [2.24, 2.45) is 5.16 Å². The maximum absolute atomic E-state index is 9.61. The molecule has 0 radical (unpaired) electrons. The first kappa shape index (κ1) is 17.8. The van der Waals surface area contributed by atoms with Gasteiger partial charge in [-0.3, -0.25) is 0 Å². The summed E-state index contributed by atoms with van der Waals surface area (Å²) in [6, 6.07) is 13.3. The predicted octanol–water partition coefficient (Wildman–Crippen LogP) is 4.06. The molecule has 0 saturated carbocycles. The molecule has 0 aliphatic carbocycles. The largest absolute Gasteiger partial charge is 0.493 e. The van der Waals surface area contributed by atoms with Crippen LogP contribution in [0, 0.1) is 0 Å². The van der Waals surface area contributed by atoms with Crippen molar-refractivity contribution in [1.29, 1.82) is 0 Å². The normalized spacial score (nSPS) is 11.3. The molecule has 2 aromatic carbocycles. The Hall–Kier alpha value is -3.06. The maximum Gasteiger partial charge on any atom is 0.203 e. The molecule has 0 spiro atoms. The number of ether oxygens (including phenoxy) is 3. The monoisotopic (exact) mass is 370 g/mol. The van der Waals surface area contributed by atoms with Crippen molar-refractivity contribution in [3.05, 3.63) is 59.1 Å². The average Bonchev–Trinajstić information content (AvgIpc) is 3.18. The van der Waals surface area contributed by atoms with Crippen molar-refractivity contribution in [1.82, 2.24) is 4.98 Å². The lowest BCUT2D eigenvalue weighted by Crippen LogP contribution is -2.06. The Bertz CT molecular complexity index is 897. The summed E-state index contributed by atoms with van der Waals surface area (Å²) in [7, 11) is 4.61. The smallest absolute Gasteiger partial charge is 0.203 e. The van der Waals surface area contributed by atoms with E-state index in [1.54, 1.807) is 12.1 Å². The fourth-order valence-electron chi connectivity index (χ4n) is 2.57. The second-order valence-electron chi connectivity index (χ2n) is 5.27. The van der Waals surface area contributed by atoms with Gasteiger partial charge in [0.05, 0.1) is 21.3 Å². The van der Waals surface area contributed by atoms with E-state index >= 15 is 0 Å². The first-order chi connectivity index (χ1) is 12.7. The third-order valence-electron chi connectivity index (χ3n) is 3.81. The molecule has 1 heterocycles. The van der Waals surface area contributed by atoms with E-state index in [0.29, 0.717) is 34.2 Å². The minimum Gasteiger partial charge on any atom is -0.493 e. The number of methoxy groups -OCH3 is 3. The van der Waals surface area contributed by atoms with Gasteiger partial charge in [0.2, 0.25) is 5.75 Å². The van der Waals surface area contributed by atoms with Crippen molar-refractivity contribution in [3.8, 4) is 27.8 Å². The Kier molecular flexibility index (Phi) is 5.38. The van der Waals surface area contributed by atoms with Crippen LogP contribution in [0.4, 0.5) is 0 Å². The van der Waals surface area contributed by atoms with Crippen molar-refractivity contribution >= 4 is 17.0 Å². The lowest BCUT2D eigenvalue weighted by molar-refractivity contribution is 0.318. The molecule has 7 heteroatoms. The predicted molar refractivity (Wildman–Crippen MR) is 101 cm³/mol. The van der Waals surface area contributed by atoms with E-state index in [0.717, 1.165) is 10.6 Å². The zero-order valence-electron chi connectivity index (χ0n) is 14.6. The topological polar surface area (TPSA) is 73.2 Å². The number of aromatic nitrogens is 1. The first-order valence-corrected chi connectivity index (χ1v) is 8.63. The SMILES string of the molecule is COc1cc(/C(=N\O)c2csc(-c3ccccc3)n2)cc(OC)c1OC. The maximum atomic E-state index is 9.61. The molecule has 6 nitrogen and oxygen atoms in total. The van der Waals surface area contributed by atoms with Gasteiger partial charge in [0.25, 0.3) is 0 Å². The zero-order chi connectivity index (χ0) is 18.5. The number of oxime groups is 1. The molecular weight excluding hydrogens is 352 g/mol. The number of nitrogens with zero attached hydrogens (tertiary/aromatic N) is 2. The first-order valence-electron chi connectivity index (χ1n) is 7.75. The molecular formula is C19H18N2O4S. The van der Waals surface area contributed by atoms with Crippen molar-refractivity contribution in [3.63, 3.8) is 0 Å². The molecule has 0 saturated heterocycles. The van der Waals surface area contributed by atoms with Crippen LogP contribution in [-0.4, -0.2) is 37.2 Å². The van der Waals surface area contributed by atoms with Gasteiger partial charge in [0.15, 0.2) is 11.5 Å². The van der Waals surface area contributed by atoms with Gasteiger partial charge in [-0.2, -0.15) is 0 Å². The molecule has 1 N–H and O–H groups in total. The van der Waals surface area contributed by atoms with Crippen molar-refractivity contribution in [2.75, 3.05) is 21.3 Å². The Morgan fingerprint density at radius 3 is 2.19 bits per heavy atom. The van der Waals surface area contributed by atoms with Gasteiger partial charge in [-0.25, -0.2) is 4.98 Å². The van der Waals surface area contributed by atoms with Gasteiger partial charge in [-0.05, 0) is 12.1 Å². The summed E-state index contributed by atoms with van der Waals surface area (Å²) in [5, 5.41) is 15.7. The van der Waals surface area contributed by atoms with Crippen LogP contribution in [0.2, 0.25) is 0 Å². The van der Waals surface area contributed by atoms with E-state index < -0.39 is 0 Å². The number of benzene rings is 2. The fourth-order valence-corrected chi connectivity index (χ4v) is 3.38. The van der Waals surface area contributed by atoms with Gasteiger partial charge >= 0.3 is 0 Å². The minimum absolute atomic E-state index is 0.322. The summed E-state index contributed by atoms with van der Waals surface area (Å²) in [6.07, 6.45) is 0. The van der Waals surface area contributed by atoms with Crippen molar-refractivity contribution in [2.45, 2.75) is 0 Å². The number of hydrogen-bond acceptors (Lipinski definition) is 7. The third-order valence-corrected chi connectivity index (χ3v) is 4.70. The minimum atomic E-state index is 0.322. The highest BCUT2D eigenvalue weighted by atomic mass is 32.1. The number of thiazole rings is 1. The molecule has 0 amide bonds. The lowest BCUT2D eigenvalue weighted by Gasteiger charge is -2.14. The molecule has 0 atom stereocenters. The molecule has 0 unspecified atom stereocenters. The number of hydrogen-bond donors (Lipinski definition) is 1. The highest BCUT2D eigenvalue weighted by Gasteiger charge is 2.19. The lowest BCUT2D eigenvalue weighted by atomic mass is 10.1. The molecule has 26 heavy (non-hydrogen) atoms. The molecule has 1 aromatic heterocycles. The average molecular weight is 370 g/mol. The second-order valence-corrected chi connectivity index (χ2v) is 6.12. The molecule has 0 fully saturated rings. The Morgan fingerprint density at radius 1 is 1.00 bits per heavy atom. The van der Waals surface area contributed by atoms with E-state index in [9.17, 15) is 5.21 Å². The third kappa shape index (κ3) is 3.34. The highest BCUT2D eigenvalue weighted by Crippen LogP contribution is 2.39. The van der Waals surface area contributed by atoms with E-state index in [1.165, 1.54) is 32.7 Å². The Balaban J connectivity index is 2.04. The number of rotatable bonds is 6. The van der Waals surface area contributed by atoms with E-state index in [4.69, 9.17) is 14.2 Å². The van der Waals surface area contributed by atoms with Gasteiger partial charge in [0, 0.05) is 16.5 Å². The molecule has 3 aromatic rings. The van der Waals surface area contributed by atoms with Crippen LogP contribution in [-0.2, 0) is 0 Å². The second kappa shape index (κ2) is 7.88. The molecule has 0 aliphatic heterocycles. The van der Waals surface area contributed by atoms with Crippen LogP contribution >= 0.6 is 11.3 Å². The highest BCUT2D eigenvalue weighted by molar-refractivity contribution is 7.13. The molecule has 134 valence electrons. The Labute approximate surface area is 155 Å². The van der Waals surface area contributed by atoms with Crippen LogP contribution in [0.25, 0.3) is 10.6 Å². The van der Waals surface area contributed by atoms with Gasteiger partial charge in [-0.1, -0.05) is 35.5 Å². The van der Waals surface area contributed by atoms with Gasteiger partial charge in [-0.15, -0.1) is 11.3 Å². The van der Waals surface area contributed by atoms with E-state index in [1.807, 2.05) is 35.7 Å². The molecule has 3 rings (SSSR count). The van der Waals surface area contributed by atoms with Crippen LogP contribution in [0.15, 0.2) is 53.0 Å². The van der Waals surface area contributed by atoms with E-state index in [2.05, 4.69) is 10.1 Å². The van der Waals surface area contributed by atoms with Crippen LogP contribution < -0.4 is 14.2 Å². The van der Waals surface area contributed by atoms with Crippen molar-refractivity contribution < 1.29 is 19.4 Å². The zero-order valence-corrected chi connectivity index (χ0v) is 15.4. The quantitative estimate of drug-likeness (QED) is 0.402. The standard InChI is InChI=1S/C19H18N2O4S/c1-23-15-9-13(10-16(24-2)18(15)25-3)17(21-22)14-11-26-19(20-14)12-7-5-4-6-8-12/h4-11,22H,1-3H3/b21-17+. The van der Waals surface area contributed by atoms with Crippen LogP contribution in [0.5, 0.6) is 17.2 Å². The molecule has 0 aliphatic rings. The summed E-state index contributed by atoms with van der Waals surface area (Å²) in [6.45, 7) is 0. The summed E-state index contributed by atoms with van der Waals surface area (Å²) < 4.78 is 16.1. The summed E-state index contributed by atoms with van der Waals surface area (Å²) >= 11 is 1.48. The summed E-state index contributed by atoms with van der Waals surface area (Å²) in [5.41, 5.74) is 2.49. The van der Waals surface area contributed by atoms with Crippen LogP contribution in [0.1, 0.15) is 11.3 Å². The van der Waals surface area contributed by atoms with Gasteiger partial charge in [0.1, 0.15) is 16.4 Å². The van der Waals surface area contributed by atoms with Gasteiger partial charge < -0.3 is 19.4 Å². The molecule has 0 bridgehead atoms.